The summed E-state index contributed by atoms with van der Waals surface area (Å²) >= 11 is 0. The average molecular weight is 575 g/mol. The van der Waals surface area contributed by atoms with Gasteiger partial charge in [-0.1, -0.05) is 51.1 Å². The molecule has 5 atom stereocenters. The Kier molecular flexibility index (Phi) is 12.7. The molecule has 0 aliphatic rings. The molecule has 2 rings (SSSR count). The van der Waals surface area contributed by atoms with Gasteiger partial charge >= 0.3 is 18.0 Å². The largest absolute Gasteiger partial charge is 0.480 e. The van der Waals surface area contributed by atoms with Crippen LogP contribution < -0.4 is 21.7 Å². The van der Waals surface area contributed by atoms with Gasteiger partial charge in [0.25, 0.3) is 0 Å². The Labute approximate surface area is 239 Å². The van der Waals surface area contributed by atoms with Gasteiger partial charge in [-0.05, 0) is 31.2 Å². The molecule has 0 saturated carbocycles. The highest BCUT2D eigenvalue weighted by atomic mass is 16.5. The lowest BCUT2D eigenvalue weighted by atomic mass is 9.79. The second kappa shape index (κ2) is 15.7. The van der Waals surface area contributed by atoms with Crippen LogP contribution in [0.25, 0.3) is 0 Å². The van der Waals surface area contributed by atoms with Crippen LogP contribution in [-0.4, -0.2) is 74.8 Å². The molecule has 2 aromatic rings. The summed E-state index contributed by atoms with van der Waals surface area (Å²) in [5.74, 6) is -2.74. The first-order valence-electron chi connectivity index (χ1n) is 13.6. The van der Waals surface area contributed by atoms with Crippen LogP contribution in [0.4, 0.5) is 4.79 Å². The van der Waals surface area contributed by atoms with E-state index >= 15 is 0 Å². The molecule has 0 aliphatic heterocycles. The number of carboxylic acids is 1. The van der Waals surface area contributed by atoms with Crippen molar-refractivity contribution >= 4 is 23.9 Å². The van der Waals surface area contributed by atoms with Gasteiger partial charge in [0, 0.05) is 30.9 Å². The molecular weight excluding hydrogens is 532 g/mol. The first-order valence-corrected chi connectivity index (χ1v) is 13.6. The summed E-state index contributed by atoms with van der Waals surface area (Å²) in [6.07, 6.45) is 2.25. The summed E-state index contributed by atoms with van der Waals surface area (Å²) in [6.45, 7) is 6.75. The SMILES string of the molecule is CC[C@@](C)(C(=O)OCc1ccccc1)[C@H](NC(=O)NCC(O)[C@@H](N)CC(C)C)C(=O)N[C@@H](Cc1cnc[nH]1)C(=O)O. The standard InChI is InChI=1S/C28H42N6O7/c1-5-28(4,26(39)41-15-18-9-7-6-8-10-18)23(34-27(40)31-14-22(35)20(29)11-17(2)3)24(36)33-21(25(37)38)12-19-13-30-16-32-19/h6-10,13,16-17,20-23,35H,5,11-12,14-15,29H2,1-4H3,(H,30,32)(H,33,36)(H,37,38)(H2,31,34,40)/t20-,21-,22?,23+,28+/m0/s1. The molecule has 1 unspecified atom stereocenters. The minimum absolute atomic E-state index is 0.0622. The predicted molar refractivity (Wildman–Crippen MR) is 150 cm³/mol. The molecule has 8 N–H and O–H groups in total. The fraction of sp³-hybridized carbons (Fsp3) is 0.536. The highest BCUT2D eigenvalue weighted by Gasteiger charge is 2.47. The minimum atomic E-state index is -1.58. The average Bonchev–Trinajstić information content (AvgIpc) is 3.45. The lowest BCUT2D eigenvalue weighted by Gasteiger charge is -2.35. The van der Waals surface area contributed by atoms with Crippen molar-refractivity contribution in [2.45, 2.75) is 77.8 Å². The molecule has 1 aromatic carbocycles. The summed E-state index contributed by atoms with van der Waals surface area (Å²) in [4.78, 5) is 58.4. The van der Waals surface area contributed by atoms with Crippen molar-refractivity contribution in [1.82, 2.24) is 25.9 Å². The van der Waals surface area contributed by atoms with Crippen molar-refractivity contribution in [3.63, 3.8) is 0 Å². The molecule has 0 saturated heterocycles. The van der Waals surface area contributed by atoms with E-state index in [-0.39, 0.29) is 31.9 Å². The minimum Gasteiger partial charge on any atom is -0.480 e. The highest BCUT2D eigenvalue weighted by Crippen LogP contribution is 2.29. The third-order valence-corrected chi connectivity index (χ3v) is 6.89. The summed E-state index contributed by atoms with van der Waals surface area (Å²) in [5.41, 5.74) is 5.60. The number of nitrogens with one attached hydrogen (secondary N) is 4. The van der Waals surface area contributed by atoms with Gasteiger partial charge < -0.3 is 41.6 Å². The van der Waals surface area contributed by atoms with E-state index in [4.69, 9.17) is 10.5 Å². The highest BCUT2D eigenvalue weighted by molar-refractivity contribution is 5.95. The van der Waals surface area contributed by atoms with Gasteiger partial charge in [-0.2, -0.15) is 0 Å². The maximum Gasteiger partial charge on any atom is 0.326 e. The second-order valence-electron chi connectivity index (χ2n) is 10.7. The Bertz CT molecular complexity index is 1130. The topological polar surface area (TPSA) is 209 Å². The molecule has 13 nitrogen and oxygen atoms in total. The Morgan fingerprint density at radius 1 is 1.15 bits per heavy atom. The third kappa shape index (κ3) is 10.2. The smallest absolute Gasteiger partial charge is 0.326 e. The van der Waals surface area contributed by atoms with E-state index in [1.807, 2.05) is 19.9 Å². The Balaban J connectivity index is 2.25. The van der Waals surface area contributed by atoms with Gasteiger partial charge in [0.05, 0.1) is 17.8 Å². The number of hydrogen-bond donors (Lipinski definition) is 7. The van der Waals surface area contributed by atoms with Gasteiger partial charge in [-0.3, -0.25) is 9.59 Å². The predicted octanol–water partition coefficient (Wildman–Crippen LogP) is 1.08. The zero-order valence-electron chi connectivity index (χ0n) is 23.9. The van der Waals surface area contributed by atoms with Crippen LogP contribution in [0.5, 0.6) is 0 Å². The number of carbonyl (C=O) groups is 4. The van der Waals surface area contributed by atoms with Crippen LogP contribution in [-0.2, 0) is 32.1 Å². The summed E-state index contributed by atoms with van der Waals surface area (Å²) < 4.78 is 5.52. The molecule has 226 valence electrons. The van der Waals surface area contributed by atoms with E-state index in [2.05, 4.69) is 25.9 Å². The van der Waals surface area contributed by atoms with Crippen LogP contribution in [0.15, 0.2) is 42.9 Å². The number of aliphatic hydroxyl groups excluding tert-OH is 1. The van der Waals surface area contributed by atoms with Crippen LogP contribution in [0.3, 0.4) is 0 Å². The van der Waals surface area contributed by atoms with Crippen molar-refractivity contribution < 1.29 is 34.1 Å². The van der Waals surface area contributed by atoms with Crippen LogP contribution in [0, 0.1) is 11.3 Å². The Morgan fingerprint density at radius 2 is 1.83 bits per heavy atom. The maximum absolute atomic E-state index is 13.6. The second-order valence-corrected chi connectivity index (χ2v) is 10.7. The lowest BCUT2D eigenvalue weighted by molar-refractivity contribution is -0.160. The van der Waals surface area contributed by atoms with Gasteiger partial charge in [-0.15, -0.1) is 0 Å². The van der Waals surface area contributed by atoms with Crippen LogP contribution >= 0.6 is 0 Å². The molecule has 0 aliphatic carbocycles. The maximum atomic E-state index is 13.6. The number of benzene rings is 1. The van der Waals surface area contributed by atoms with Gasteiger partial charge in [0.1, 0.15) is 18.7 Å². The first kappa shape index (κ1) is 33.2. The monoisotopic (exact) mass is 574 g/mol. The van der Waals surface area contributed by atoms with Gasteiger partial charge in [-0.25, -0.2) is 14.6 Å². The van der Waals surface area contributed by atoms with E-state index in [0.29, 0.717) is 12.1 Å². The number of aromatic nitrogens is 2. The number of carbonyl (C=O) groups excluding carboxylic acids is 3. The van der Waals surface area contributed by atoms with Crippen molar-refractivity contribution in [1.29, 1.82) is 0 Å². The molecule has 1 aromatic heterocycles. The van der Waals surface area contributed by atoms with E-state index < -0.39 is 53.5 Å². The number of aliphatic hydroxyl groups is 1. The van der Waals surface area contributed by atoms with E-state index in [9.17, 15) is 29.4 Å². The number of hydrogen-bond acceptors (Lipinski definition) is 8. The van der Waals surface area contributed by atoms with Crippen molar-refractivity contribution in [3.8, 4) is 0 Å². The van der Waals surface area contributed by atoms with Crippen molar-refractivity contribution in [2.75, 3.05) is 6.54 Å². The fourth-order valence-corrected chi connectivity index (χ4v) is 4.17. The summed E-state index contributed by atoms with van der Waals surface area (Å²) in [7, 11) is 0. The number of nitrogens with two attached hydrogens (primary N) is 1. The van der Waals surface area contributed by atoms with Crippen molar-refractivity contribution in [2.24, 2.45) is 17.1 Å². The molecule has 1 heterocycles. The van der Waals surface area contributed by atoms with Gasteiger partial charge in [0.2, 0.25) is 5.91 Å². The summed E-state index contributed by atoms with van der Waals surface area (Å²) in [5, 5.41) is 27.5. The lowest BCUT2D eigenvalue weighted by Crippen LogP contribution is -2.62. The molecule has 0 bridgehead atoms. The Hall–Kier alpha value is -3.97. The molecule has 41 heavy (non-hydrogen) atoms. The van der Waals surface area contributed by atoms with E-state index in [0.717, 1.165) is 5.56 Å². The number of imidazole rings is 1. The van der Waals surface area contributed by atoms with Crippen molar-refractivity contribution in [3.05, 3.63) is 54.1 Å². The molecule has 0 fully saturated rings. The number of carboxylic acid groups (broad SMARTS) is 1. The van der Waals surface area contributed by atoms with Crippen LogP contribution in [0.2, 0.25) is 0 Å². The fourth-order valence-electron chi connectivity index (χ4n) is 4.17. The third-order valence-electron chi connectivity index (χ3n) is 6.89. The molecular formula is C28H42N6O7. The summed E-state index contributed by atoms with van der Waals surface area (Å²) in [6, 6.07) is 4.60. The number of H-pyrrole nitrogens is 1. The molecule has 0 spiro atoms. The Morgan fingerprint density at radius 3 is 2.39 bits per heavy atom. The number of esters is 1. The number of rotatable bonds is 16. The quantitative estimate of drug-likeness (QED) is 0.143. The molecule has 13 heteroatoms. The number of amides is 3. The van der Waals surface area contributed by atoms with E-state index in [1.165, 1.54) is 19.4 Å². The number of nitrogens with zero attached hydrogens (tertiary/aromatic N) is 1. The number of urea groups is 1. The zero-order chi connectivity index (χ0) is 30.6. The van der Waals surface area contributed by atoms with Gasteiger partial charge in [0.15, 0.2) is 0 Å². The number of aliphatic carboxylic acids is 1. The molecule has 3 amide bonds. The number of ether oxygens (including phenoxy) is 1. The zero-order valence-corrected chi connectivity index (χ0v) is 23.9. The molecule has 0 radical (unpaired) electrons. The number of aromatic amines is 1. The van der Waals surface area contributed by atoms with Crippen LogP contribution in [0.1, 0.15) is 51.8 Å². The normalized spacial score (nSPS) is 15.6. The van der Waals surface area contributed by atoms with E-state index in [1.54, 1.807) is 31.2 Å². The first-order chi connectivity index (χ1) is 19.4.